The van der Waals surface area contributed by atoms with E-state index in [1.807, 2.05) is 48.5 Å². The molecule has 3 nitrogen and oxygen atoms in total. The molecule has 1 aliphatic rings. The Morgan fingerprint density at radius 1 is 1.14 bits per heavy atom. The molecule has 0 saturated carbocycles. The van der Waals surface area contributed by atoms with Crippen LogP contribution in [0.25, 0.3) is 0 Å². The van der Waals surface area contributed by atoms with Gasteiger partial charge in [-0.05, 0) is 35.1 Å². The van der Waals surface area contributed by atoms with Crippen LogP contribution in [0.5, 0.6) is 0 Å². The number of hydrogen-bond donors (Lipinski definition) is 1. The normalized spacial score (nSPS) is 20.1. The molecule has 3 heteroatoms. The lowest BCUT2D eigenvalue weighted by atomic mass is 9.78. The molecular formula is C18H18O3. The van der Waals surface area contributed by atoms with E-state index in [-0.39, 0.29) is 12.6 Å². The lowest BCUT2D eigenvalue weighted by molar-refractivity contribution is -0.147. The lowest BCUT2D eigenvalue weighted by Gasteiger charge is -2.26. The zero-order valence-corrected chi connectivity index (χ0v) is 12.0. The molecule has 0 spiro atoms. The Bertz CT molecular complexity index is 663. The van der Waals surface area contributed by atoms with Gasteiger partial charge in [0.25, 0.3) is 0 Å². The first kappa shape index (κ1) is 13.8. The van der Waals surface area contributed by atoms with Gasteiger partial charge in [0.15, 0.2) is 0 Å². The van der Waals surface area contributed by atoms with Crippen molar-refractivity contribution >= 4 is 5.97 Å². The van der Waals surface area contributed by atoms with Gasteiger partial charge in [-0.15, -0.1) is 0 Å². The fourth-order valence-electron chi connectivity index (χ4n) is 3.25. The summed E-state index contributed by atoms with van der Waals surface area (Å²) in [6, 6.07) is 15.7. The summed E-state index contributed by atoms with van der Waals surface area (Å²) in [6.07, 6.45) is 1.26. The number of esters is 1. The van der Waals surface area contributed by atoms with Crippen LogP contribution >= 0.6 is 0 Å². The summed E-state index contributed by atoms with van der Waals surface area (Å²) in [5.74, 6) is -0.199. The zero-order valence-electron chi connectivity index (χ0n) is 12.0. The highest BCUT2D eigenvalue weighted by Gasteiger charge is 2.46. The number of aliphatic hydroxyl groups is 1. The molecule has 21 heavy (non-hydrogen) atoms. The average molecular weight is 282 g/mol. The van der Waals surface area contributed by atoms with Crippen molar-refractivity contribution in [2.45, 2.75) is 24.9 Å². The molecule has 1 aliphatic carbocycles. The van der Waals surface area contributed by atoms with E-state index >= 15 is 0 Å². The van der Waals surface area contributed by atoms with Gasteiger partial charge in [0.05, 0.1) is 13.7 Å². The summed E-state index contributed by atoms with van der Waals surface area (Å²) in [6.45, 7) is 0.0177. The van der Waals surface area contributed by atoms with Crippen LogP contribution in [0.2, 0.25) is 0 Å². The number of ether oxygens (including phenoxy) is 1. The minimum Gasteiger partial charge on any atom is -0.468 e. The van der Waals surface area contributed by atoms with Crippen molar-refractivity contribution in [3.63, 3.8) is 0 Å². The minimum absolute atomic E-state index is 0.0177. The van der Waals surface area contributed by atoms with Gasteiger partial charge in [-0.25, -0.2) is 0 Å². The number of carbonyl (C=O) groups is 1. The van der Waals surface area contributed by atoms with E-state index in [0.29, 0.717) is 12.8 Å². The van der Waals surface area contributed by atoms with E-state index in [9.17, 15) is 9.90 Å². The van der Waals surface area contributed by atoms with Gasteiger partial charge in [-0.3, -0.25) is 4.79 Å². The highest BCUT2D eigenvalue weighted by Crippen LogP contribution is 2.41. The smallest absolute Gasteiger partial charge is 0.316 e. The largest absolute Gasteiger partial charge is 0.468 e. The first-order valence-corrected chi connectivity index (χ1v) is 7.05. The van der Waals surface area contributed by atoms with E-state index in [1.165, 1.54) is 7.11 Å². The van der Waals surface area contributed by atoms with E-state index < -0.39 is 5.41 Å². The second-order valence-electron chi connectivity index (χ2n) is 5.55. The van der Waals surface area contributed by atoms with Gasteiger partial charge in [0.1, 0.15) is 5.41 Å². The topological polar surface area (TPSA) is 46.5 Å². The van der Waals surface area contributed by atoms with Crippen LogP contribution in [0.1, 0.15) is 22.3 Å². The van der Waals surface area contributed by atoms with Gasteiger partial charge in [0, 0.05) is 0 Å². The number of hydrogen-bond acceptors (Lipinski definition) is 3. The highest BCUT2D eigenvalue weighted by molar-refractivity contribution is 5.85. The molecule has 3 rings (SSSR count). The molecule has 108 valence electrons. The summed E-state index contributed by atoms with van der Waals surface area (Å²) in [7, 11) is 1.44. The molecular weight excluding hydrogens is 264 g/mol. The Hall–Kier alpha value is -2.13. The standard InChI is InChI=1S/C18H18O3/c1-21-17(20)18(16-5-3-2-4-6-16)10-14-8-7-13(12-19)9-15(14)11-18/h2-9,19H,10-12H2,1H3. The lowest BCUT2D eigenvalue weighted by Crippen LogP contribution is -2.37. The zero-order chi connectivity index (χ0) is 14.9. The van der Waals surface area contributed by atoms with Crippen LogP contribution in [-0.4, -0.2) is 18.2 Å². The SMILES string of the molecule is COC(=O)C1(c2ccccc2)Cc2ccc(CO)cc2C1. The molecule has 2 aromatic rings. The van der Waals surface area contributed by atoms with E-state index in [1.54, 1.807) is 0 Å². The predicted octanol–water partition coefficient (Wildman–Crippen LogP) is 2.39. The van der Waals surface area contributed by atoms with Crippen molar-refractivity contribution in [3.05, 3.63) is 70.8 Å². The van der Waals surface area contributed by atoms with Crippen molar-refractivity contribution in [2.75, 3.05) is 7.11 Å². The summed E-state index contributed by atoms with van der Waals surface area (Å²) >= 11 is 0. The predicted molar refractivity (Wildman–Crippen MR) is 79.9 cm³/mol. The van der Waals surface area contributed by atoms with Crippen molar-refractivity contribution in [1.82, 2.24) is 0 Å². The summed E-state index contributed by atoms with van der Waals surface area (Å²) in [4.78, 5) is 12.5. The van der Waals surface area contributed by atoms with Gasteiger partial charge in [-0.2, -0.15) is 0 Å². The summed E-state index contributed by atoms with van der Waals surface area (Å²) < 4.78 is 5.09. The fourth-order valence-corrected chi connectivity index (χ4v) is 3.25. The number of methoxy groups -OCH3 is 1. The molecule has 0 saturated heterocycles. The quantitative estimate of drug-likeness (QED) is 0.879. The molecule has 1 atom stereocenters. The summed E-state index contributed by atoms with van der Waals surface area (Å²) in [5, 5.41) is 9.28. The van der Waals surface area contributed by atoms with E-state index in [4.69, 9.17) is 4.74 Å². The maximum Gasteiger partial charge on any atom is 0.316 e. The number of carbonyl (C=O) groups excluding carboxylic acids is 1. The number of rotatable bonds is 3. The maximum absolute atomic E-state index is 12.5. The second kappa shape index (κ2) is 5.34. The van der Waals surface area contributed by atoms with Crippen LogP contribution in [0.4, 0.5) is 0 Å². The second-order valence-corrected chi connectivity index (χ2v) is 5.55. The third-order valence-electron chi connectivity index (χ3n) is 4.34. The highest BCUT2D eigenvalue weighted by atomic mass is 16.5. The molecule has 0 heterocycles. The fraction of sp³-hybridized carbons (Fsp3) is 0.278. The Balaban J connectivity index is 2.07. The molecule has 0 fully saturated rings. The maximum atomic E-state index is 12.5. The van der Waals surface area contributed by atoms with Crippen molar-refractivity contribution in [1.29, 1.82) is 0 Å². The third kappa shape index (κ3) is 2.24. The molecule has 0 radical (unpaired) electrons. The van der Waals surface area contributed by atoms with Gasteiger partial charge < -0.3 is 9.84 Å². The molecule has 0 aromatic heterocycles. The van der Waals surface area contributed by atoms with Gasteiger partial charge >= 0.3 is 5.97 Å². The van der Waals surface area contributed by atoms with Crippen molar-refractivity contribution < 1.29 is 14.6 Å². The number of aliphatic hydroxyl groups excluding tert-OH is 1. The van der Waals surface area contributed by atoms with Crippen LogP contribution in [0.3, 0.4) is 0 Å². The molecule has 2 aromatic carbocycles. The third-order valence-corrected chi connectivity index (χ3v) is 4.34. The van der Waals surface area contributed by atoms with E-state index in [2.05, 4.69) is 0 Å². The molecule has 0 aliphatic heterocycles. The Morgan fingerprint density at radius 3 is 2.52 bits per heavy atom. The minimum atomic E-state index is -0.646. The molecule has 0 bridgehead atoms. The first-order valence-electron chi connectivity index (χ1n) is 7.05. The first-order chi connectivity index (χ1) is 10.2. The van der Waals surface area contributed by atoms with E-state index in [0.717, 1.165) is 22.3 Å². The Labute approximate surface area is 124 Å². The average Bonchev–Trinajstić information content (AvgIpc) is 2.94. The monoisotopic (exact) mass is 282 g/mol. The summed E-state index contributed by atoms with van der Waals surface area (Å²) in [5.41, 5.74) is 3.49. The van der Waals surface area contributed by atoms with Gasteiger partial charge in [0.2, 0.25) is 0 Å². The molecule has 0 amide bonds. The van der Waals surface area contributed by atoms with Crippen LogP contribution in [0.15, 0.2) is 48.5 Å². The Kier molecular flexibility index (Phi) is 3.52. The van der Waals surface area contributed by atoms with Crippen LogP contribution < -0.4 is 0 Å². The van der Waals surface area contributed by atoms with Gasteiger partial charge in [-0.1, -0.05) is 48.5 Å². The number of benzene rings is 2. The molecule has 1 unspecified atom stereocenters. The number of fused-ring (bicyclic) bond motifs is 1. The van der Waals surface area contributed by atoms with Crippen LogP contribution in [-0.2, 0) is 34.4 Å². The van der Waals surface area contributed by atoms with Crippen molar-refractivity contribution in [3.8, 4) is 0 Å². The Morgan fingerprint density at radius 2 is 1.86 bits per heavy atom. The van der Waals surface area contributed by atoms with Crippen LogP contribution in [0, 0.1) is 0 Å². The van der Waals surface area contributed by atoms with Crippen molar-refractivity contribution in [2.24, 2.45) is 0 Å². The molecule has 1 N–H and O–H groups in total.